The molecule has 0 atom stereocenters. The minimum absolute atomic E-state index is 0.0113. The van der Waals surface area contributed by atoms with Crippen molar-refractivity contribution in [3.8, 4) is 11.5 Å². The maximum absolute atomic E-state index is 13.1. The molecule has 29 heavy (non-hydrogen) atoms. The summed E-state index contributed by atoms with van der Waals surface area (Å²) in [5.74, 6) is -0.188. The molecule has 6 nitrogen and oxygen atoms in total. The number of nitrogens with one attached hydrogen (secondary N) is 1. The molecule has 0 saturated heterocycles. The normalized spacial score (nSPS) is 11.1. The zero-order valence-electron chi connectivity index (χ0n) is 16.3. The van der Waals surface area contributed by atoms with Crippen LogP contribution in [0.3, 0.4) is 0 Å². The fourth-order valence-corrected chi connectivity index (χ4v) is 4.30. The zero-order chi connectivity index (χ0) is 21.2. The van der Waals surface area contributed by atoms with Gasteiger partial charge >= 0.3 is 0 Å². The van der Waals surface area contributed by atoms with Crippen LogP contribution in [0.4, 0.5) is 5.69 Å². The van der Waals surface area contributed by atoms with Crippen molar-refractivity contribution in [2.24, 2.45) is 0 Å². The van der Waals surface area contributed by atoms with Gasteiger partial charge in [0.15, 0.2) is 0 Å². The van der Waals surface area contributed by atoms with E-state index >= 15 is 0 Å². The number of amides is 1. The Morgan fingerprint density at radius 3 is 2.17 bits per heavy atom. The van der Waals surface area contributed by atoms with E-state index in [4.69, 9.17) is 4.74 Å². The van der Waals surface area contributed by atoms with Crippen LogP contribution < -0.4 is 10.1 Å². The lowest BCUT2D eigenvalue weighted by Crippen LogP contribution is -2.14. The number of benzene rings is 3. The molecule has 3 rings (SSSR count). The highest BCUT2D eigenvalue weighted by Gasteiger charge is 2.25. The number of sulfone groups is 1. The van der Waals surface area contributed by atoms with Crippen LogP contribution in [-0.2, 0) is 9.84 Å². The maximum Gasteiger partial charge on any atom is 0.255 e. The van der Waals surface area contributed by atoms with Crippen molar-refractivity contribution in [2.75, 3.05) is 12.4 Å². The Kier molecular flexibility index (Phi) is 5.61. The van der Waals surface area contributed by atoms with E-state index in [1.807, 2.05) is 0 Å². The Morgan fingerprint density at radius 2 is 1.59 bits per heavy atom. The van der Waals surface area contributed by atoms with Crippen LogP contribution in [0, 0.1) is 13.8 Å². The molecule has 1 amide bonds. The summed E-state index contributed by atoms with van der Waals surface area (Å²) in [6.45, 7) is 3.31. The Morgan fingerprint density at radius 1 is 0.966 bits per heavy atom. The van der Waals surface area contributed by atoms with E-state index in [1.165, 1.54) is 37.4 Å². The first-order chi connectivity index (χ1) is 13.8. The lowest BCUT2D eigenvalue weighted by atomic mass is 10.1. The number of carbonyl (C=O) groups is 1. The summed E-state index contributed by atoms with van der Waals surface area (Å²) in [5.41, 5.74) is 1.72. The number of phenolic OH excluding ortho intramolecular Hbond substituents is 1. The third kappa shape index (κ3) is 3.95. The number of ether oxygens (including phenoxy) is 1. The Balaban J connectivity index is 2.06. The first-order valence-corrected chi connectivity index (χ1v) is 10.3. The van der Waals surface area contributed by atoms with Gasteiger partial charge in [-0.25, -0.2) is 8.42 Å². The molecule has 7 heteroatoms. The standard InChI is InChI=1S/C22H21NO5S/c1-14-15(2)21(24)20(29(26,27)18-11-9-17(28-3)10-12-18)13-19(14)23-22(25)16-7-5-4-6-8-16/h4-13,24H,1-3H3,(H,23,25). The van der Waals surface area contributed by atoms with Crippen molar-refractivity contribution in [3.05, 3.63) is 77.4 Å². The molecule has 0 fully saturated rings. The molecular weight excluding hydrogens is 390 g/mol. The number of hydrogen-bond acceptors (Lipinski definition) is 5. The summed E-state index contributed by atoms with van der Waals surface area (Å²) >= 11 is 0. The molecule has 0 spiro atoms. The number of methoxy groups -OCH3 is 1. The second-order valence-electron chi connectivity index (χ2n) is 6.52. The predicted molar refractivity (Wildman–Crippen MR) is 110 cm³/mol. The molecule has 0 aliphatic carbocycles. The fraction of sp³-hybridized carbons (Fsp3) is 0.136. The molecule has 3 aromatic rings. The Hall–Kier alpha value is -3.32. The average molecular weight is 411 g/mol. The molecule has 0 aliphatic heterocycles. The second-order valence-corrected chi connectivity index (χ2v) is 8.44. The predicted octanol–water partition coefficient (Wildman–Crippen LogP) is 4.10. The van der Waals surface area contributed by atoms with E-state index < -0.39 is 9.84 Å². The van der Waals surface area contributed by atoms with Gasteiger partial charge in [-0.3, -0.25) is 4.79 Å². The van der Waals surface area contributed by atoms with Gasteiger partial charge in [0.1, 0.15) is 16.4 Å². The molecule has 0 aromatic heterocycles. The van der Waals surface area contributed by atoms with Gasteiger partial charge in [0.25, 0.3) is 5.91 Å². The van der Waals surface area contributed by atoms with Crippen LogP contribution in [0.1, 0.15) is 21.5 Å². The smallest absolute Gasteiger partial charge is 0.255 e. The van der Waals surface area contributed by atoms with Gasteiger partial charge in [0.05, 0.1) is 12.0 Å². The van der Waals surface area contributed by atoms with Crippen molar-refractivity contribution in [1.82, 2.24) is 0 Å². The summed E-state index contributed by atoms with van der Waals surface area (Å²) in [4.78, 5) is 12.3. The lowest BCUT2D eigenvalue weighted by molar-refractivity contribution is 0.102. The van der Waals surface area contributed by atoms with Crippen LogP contribution >= 0.6 is 0 Å². The number of carbonyl (C=O) groups excluding carboxylic acids is 1. The van der Waals surface area contributed by atoms with Crippen LogP contribution in [0.5, 0.6) is 11.5 Å². The molecule has 0 saturated carbocycles. The van der Waals surface area contributed by atoms with Crippen LogP contribution in [-0.4, -0.2) is 26.5 Å². The number of rotatable bonds is 5. The summed E-state index contributed by atoms with van der Waals surface area (Å²) in [6.07, 6.45) is 0. The van der Waals surface area contributed by atoms with Crippen molar-refractivity contribution >= 4 is 21.4 Å². The van der Waals surface area contributed by atoms with Gasteiger partial charge in [0, 0.05) is 11.3 Å². The van der Waals surface area contributed by atoms with E-state index in [0.717, 1.165) is 0 Å². The van der Waals surface area contributed by atoms with E-state index in [9.17, 15) is 18.3 Å². The van der Waals surface area contributed by atoms with Gasteiger partial charge < -0.3 is 15.2 Å². The SMILES string of the molecule is COc1ccc(S(=O)(=O)c2cc(NC(=O)c3ccccc3)c(C)c(C)c2O)cc1. The van der Waals surface area contributed by atoms with Gasteiger partial charge in [0.2, 0.25) is 9.84 Å². The molecule has 0 unspecified atom stereocenters. The molecular formula is C22H21NO5S. The third-order valence-electron chi connectivity index (χ3n) is 4.77. The van der Waals surface area contributed by atoms with E-state index in [0.29, 0.717) is 28.1 Å². The summed E-state index contributed by atoms with van der Waals surface area (Å²) < 4.78 is 31.3. The van der Waals surface area contributed by atoms with E-state index in [2.05, 4.69) is 5.32 Å². The largest absolute Gasteiger partial charge is 0.506 e. The van der Waals surface area contributed by atoms with Crippen molar-refractivity contribution in [2.45, 2.75) is 23.6 Å². The second kappa shape index (κ2) is 7.97. The van der Waals surface area contributed by atoms with Gasteiger partial charge in [-0.05, 0) is 67.4 Å². The van der Waals surface area contributed by atoms with E-state index in [-0.39, 0.29) is 21.4 Å². The van der Waals surface area contributed by atoms with Crippen LogP contribution in [0.15, 0.2) is 70.5 Å². The number of anilines is 1. The minimum Gasteiger partial charge on any atom is -0.506 e. The highest BCUT2D eigenvalue weighted by Crippen LogP contribution is 2.37. The molecule has 2 N–H and O–H groups in total. The molecule has 0 radical (unpaired) electrons. The molecule has 0 bridgehead atoms. The maximum atomic E-state index is 13.1. The summed E-state index contributed by atoms with van der Waals surface area (Å²) in [7, 11) is -2.53. The van der Waals surface area contributed by atoms with Crippen molar-refractivity contribution in [3.63, 3.8) is 0 Å². The summed E-state index contributed by atoms with van der Waals surface area (Å²) in [5, 5.41) is 13.3. The monoisotopic (exact) mass is 411 g/mol. The lowest BCUT2D eigenvalue weighted by Gasteiger charge is -2.16. The quantitative estimate of drug-likeness (QED) is 0.617. The first kappa shape index (κ1) is 20.4. The highest BCUT2D eigenvalue weighted by molar-refractivity contribution is 7.91. The Labute approximate surface area is 169 Å². The van der Waals surface area contributed by atoms with Crippen LogP contribution in [0.2, 0.25) is 0 Å². The minimum atomic E-state index is -4.01. The number of aromatic hydroxyl groups is 1. The number of phenols is 1. The molecule has 150 valence electrons. The molecule has 0 heterocycles. The topological polar surface area (TPSA) is 92.7 Å². The van der Waals surface area contributed by atoms with E-state index in [1.54, 1.807) is 44.2 Å². The number of hydrogen-bond donors (Lipinski definition) is 2. The van der Waals surface area contributed by atoms with Gasteiger partial charge in [-0.1, -0.05) is 18.2 Å². The highest BCUT2D eigenvalue weighted by atomic mass is 32.2. The van der Waals surface area contributed by atoms with Crippen LogP contribution in [0.25, 0.3) is 0 Å². The Bertz CT molecular complexity index is 1150. The first-order valence-electron chi connectivity index (χ1n) is 8.84. The zero-order valence-corrected chi connectivity index (χ0v) is 17.1. The summed E-state index contributed by atoms with van der Waals surface area (Å²) in [6, 6.07) is 15.8. The third-order valence-corrected chi connectivity index (χ3v) is 6.56. The van der Waals surface area contributed by atoms with Crippen molar-refractivity contribution in [1.29, 1.82) is 0 Å². The van der Waals surface area contributed by atoms with Crippen molar-refractivity contribution < 1.29 is 23.1 Å². The molecule has 0 aliphatic rings. The van der Waals surface area contributed by atoms with Gasteiger partial charge in [-0.15, -0.1) is 0 Å². The average Bonchev–Trinajstić information content (AvgIpc) is 2.74. The fourth-order valence-electron chi connectivity index (χ4n) is 2.87. The van der Waals surface area contributed by atoms with Gasteiger partial charge in [-0.2, -0.15) is 0 Å². The molecule has 3 aromatic carbocycles.